The summed E-state index contributed by atoms with van der Waals surface area (Å²) < 4.78 is 0. The van der Waals surface area contributed by atoms with Crippen LogP contribution in [0.2, 0.25) is 0 Å². The van der Waals surface area contributed by atoms with Gasteiger partial charge in [-0.1, -0.05) is 60.7 Å². The van der Waals surface area contributed by atoms with Crippen LogP contribution in [-0.4, -0.2) is 58.1 Å². The van der Waals surface area contributed by atoms with Crippen LogP contribution in [0.3, 0.4) is 0 Å². The van der Waals surface area contributed by atoms with Crippen LogP contribution in [0.5, 0.6) is 0 Å². The normalized spacial score (nSPS) is 13.0. The van der Waals surface area contributed by atoms with E-state index in [0.29, 0.717) is 13.1 Å². The van der Waals surface area contributed by atoms with Crippen LogP contribution in [0.25, 0.3) is 0 Å². The Morgan fingerprint density at radius 1 is 0.808 bits per heavy atom. The smallest absolute Gasteiger partial charge is 0.317 e. The third kappa shape index (κ3) is 8.41. The molecule has 1 fully saturated rings. The van der Waals surface area contributed by atoms with E-state index in [1.165, 1.54) is 0 Å². The molecule has 138 valence electrons. The Balaban J connectivity index is 0.000000290. The molecule has 2 N–H and O–H groups in total. The van der Waals surface area contributed by atoms with E-state index in [0.717, 1.165) is 24.2 Å². The predicted molar refractivity (Wildman–Crippen MR) is 98.7 cm³/mol. The van der Waals surface area contributed by atoms with E-state index >= 15 is 0 Å². The average Bonchev–Trinajstić information content (AvgIpc) is 3.40. The molecular formula is C20H24N2O4. The first-order chi connectivity index (χ1) is 12.5. The van der Waals surface area contributed by atoms with Gasteiger partial charge in [-0.05, 0) is 11.1 Å². The Hall–Kier alpha value is -2.70. The van der Waals surface area contributed by atoms with E-state index < -0.39 is 11.9 Å². The zero-order valence-corrected chi connectivity index (χ0v) is 14.6. The lowest BCUT2D eigenvalue weighted by Gasteiger charge is -2.20. The fourth-order valence-corrected chi connectivity index (χ4v) is 2.46. The Bertz CT molecular complexity index is 646. The molecule has 0 unspecified atom stereocenters. The second kappa shape index (κ2) is 10.3. The maximum atomic E-state index is 10.9. The fraction of sp³-hybridized carbons (Fsp3) is 0.300. The van der Waals surface area contributed by atoms with Crippen molar-refractivity contribution < 1.29 is 19.8 Å². The maximum absolute atomic E-state index is 10.9. The van der Waals surface area contributed by atoms with Crippen molar-refractivity contribution in [3.63, 3.8) is 0 Å². The monoisotopic (exact) mass is 356 g/mol. The molecular weight excluding hydrogens is 332 g/mol. The Kier molecular flexibility index (Phi) is 7.79. The van der Waals surface area contributed by atoms with Crippen LogP contribution in [-0.2, 0) is 22.7 Å². The number of carboxylic acids is 2. The molecule has 0 amide bonds. The highest BCUT2D eigenvalue weighted by Crippen LogP contribution is 2.09. The van der Waals surface area contributed by atoms with Crippen LogP contribution in [0.1, 0.15) is 11.1 Å². The number of rotatable bonds is 8. The highest BCUT2D eigenvalue weighted by Gasteiger charge is 2.19. The molecule has 1 heterocycles. The number of hydrogen-bond donors (Lipinski definition) is 2. The molecule has 0 atom stereocenters. The lowest BCUT2D eigenvalue weighted by molar-refractivity contribution is -0.139. The van der Waals surface area contributed by atoms with Gasteiger partial charge in [0, 0.05) is 26.2 Å². The highest BCUT2D eigenvalue weighted by molar-refractivity contribution is 5.69. The molecule has 3 rings (SSSR count). The van der Waals surface area contributed by atoms with Gasteiger partial charge in [0.2, 0.25) is 0 Å². The molecule has 1 saturated heterocycles. The second-order valence-corrected chi connectivity index (χ2v) is 6.18. The predicted octanol–water partition coefficient (Wildman–Crippen LogP) is 2.16. The molecule has 26 heavy (non-hydrogen) atoms. The summed E-state index contributed by atoms with van der Waals surface area (Å²) in [5.41, 5.74) is 2.25. The SMILES string of the molecule is O=C(O)CN(Cc1ccccc1)Cc1ccccc1.O=C(O)CN1CC1. The number of nitrogens with zero attached hydrogens (tertiary/aromatic N) is 2. The Morgan fingerprint density at radius 2 is 1.27 bits per heavy atom. The maximum Gasteiger partial charge on any atom is 0.317 e. The van der Waals surface area contributed by atoms with Crippen LogP contribution >= 0.6 is 0 Å². The van der Waals surface area contributed by atoms with Crippen molar-refractivity contribution >= 4 is 11.9 Å². The van der Waals surface area contributed by atoms with Crippen LogP contribution in [0.4, 0.5) is 0 Å². The number of carboxylic acid groups (broad SMARTS) is 2. The van der Waals surface area contributed by atoms with Crippen molar-refractivity contribution in [2.45, 2.75) is 13.1 Å². The lowest BCUT2D eigenvalue weighted by Crippen LogP contribution is -2.28. The molecule has 0 aliphatic carbocycles. The van der Waals surface area contributed by atoms with Crippen molar-refractivity contribution in [2.24, 2.45) is 0 Å². The minimum absolute atomic E-state index is 0.0454. The van der Waals surface area contributed by atoms with Gasteiger partial charge in [-0.3, -0.25) is 19.4 Å². The standard InChI is InChI=1S/C16H17NO2.C4H7NO2/c18-16(19)13-17(11-14-7-3-1-4-8-14)12-15-9-5-2-6-10-15;6-4(7)3-5-1-2-5/h1-10H,11-13H2,(H,18,19);1-3H2,(H,6,7). The molecule has 0 saturated carbocycles. The molecule has 0 radical (unpaired) electrons. The molecule has 2 aromatic rings. The summed E-state index contributed by atoms with van der Waals surface area (Å²) in [4.78, 5) is 24.5. The molecule has 0 bridgehead atoms. The molecule has 1 aliphatic rings. The van der Waals surface area contributed by atoms with E-state index in [9.17, 15) is 9.59 Å². The van der Waals surface area contributed by atoms with E-state index in [1.54, 1.807) is 0 Å². The van der Waals surface area contributed by atoms with Gasteiger partial charge in [-0.25, -0.2) is 0 Å². The van der Waals surface area contributed by atoms with E-state index in [-0.39, 0.29) is 13.1 Å². The zero-order chi connectivity index (χ0) is 18.8. The van der Waals surface area contributed by atoms with E-state index in [1.807, 2.05) is 70.5 Å². The molecule has 6 nitrogen and oxygen atoms in total. The summed E-state index contributed by atoms with van der Waals surface area (Å²) in [6.07, 6.45) is 0. The van der Waals surface area contributed by atoms with Crippen molar-refractivity contribution in [3.8, 4) is 0 Å². The molecule has 0 spiro atoms. The van der Waals surface area contributed by atoms with Gasteiger partial charge in [0.05, 0.1) is 13.1 Å². The van der Waals surface area contributed by atoms with Crippen LogP contribution in [0, 0.1) is 0 Å². The van der Waals surface area contributed by atoms with Gasteiger partial charge in [0.1, 0.15) is 0 Å². The quantitative estimate of drug-likeness (QED) is 0.706. The van der Waals surface area contributed by atoms with Crippen LogP contribution < -0.4 is 0 Å². The molecule has 1 aliphatic heterocycles. The highest BCUT2D eigenvalue weighted by atomic mass is 16.4. The number of benzene rings is 2. The van der Waals surface area contributed by atoms with Gasteiger partial charge in [0.25, 0.3) is 0 Å². The van der Waals surface area contributed by atoms with Crippen molar-refractivity contribution in [3.05, 3.63) is 71.8 Å². The largest absolute Gasteiger partial charge is 0.480 e. The molecule has 2 aromatic carbocycles. The zero-order valence-electron chi connectivity index (χ0n) is 14.6. The summed E-state index contributed by atoms with van der Waals surface area (Å²) >= 11 is 0. The Morgan fingerprint density at radius 3 is 1.58 bits per heavy atom. The lowest BCUT2D eigenvalue weighted by atomic mass is 10.1. The van der Waals surface area contributed by atoms with Gasteiger partial charge >= 0.3 is 11.9 Å². The van der Waals surface area contributed by atoms with Crippen LogP contribution in [0.15, 0.2) is 60.7 Å². The number of carbonyl (C=O) groups is 2. The topological polar surface area (TPSA) is 80.9 Å². The van der Waals surface area contributed by atoms with Gasteiger partial charge in [0.15, 0.2) is 0 Å². The summed E-state index contributed by atoms with van der Waals surface area (Å²) in [5.74, 6) is -1.52. The fourth-order valence-electron chi connectivity index (χ4n) is 2.46. The minimum atomic E-state index is -0.799. The third-order valence-corrected chi connectivity index (χ3v) is 3.76. The minimum Gasteiger partial charge on any atom is -0.480 e. The van der Waals surface area contributed by atoms with E-state index in [2.05, 4.69) is 0 Å². The summed E-state index contributed by atoms with van der Waals surface area (Å²) in [6, 6.07) is 19.9. The van der Waals surface area contributed by atoms with Crippen molar-refractivity contribution in [1.82, 2.24) is 9.80 Å². The second-order valence-electron chi connectivity index (χ2n) is 6.18. The Labute approximate surface area is 153 Å². The van der Waals surface area contributed by atoms with Crippen molar-refractivity contribution in [2.75, 3.05) is 26.2 Å². The molecule has 6 heteroatoms. The molecule has 0 aromatic heterocycles. The first kappa shape index (κ1) is 19.6. The first-order valence-corrected chi connectivity index (χ1v) is 8.49. The summed E-state index contributed by atoms with van der Waals surface area (Å²) in [6.45, 7) is 3.48. The van der Waals surface area contributed by atoms with Crippen molar-refractivity contribution in [1.29, 1.82) is 0 Å². The average molecular weight is 356 g/mol. The van der Waals surface area contributed by atoms with Gasteiger partial charge < -0.3 is 10.2 Å². The summed E-state index contributed by atoms with van der Waals surface area (Å²) in [7, 11) is 0. The van der Waals surface area contributed by atoms with Gasteiger partial charge in [-0.2, -0.15) is 0 Å². The number of aliphatic carboxylic acids is 2. The summed E-state index contributed by atoms with van der Waals surface area (Å²) in [5, 5.41) is 17.1. The van der Waals surface area contributed by atoms with E-state index in [4.69, 9.17) is 10.2 Å². The van der Waals surface area contributed by atoms with Gasteiger partial charge in [-0.15, -0.1) is 0 Å². The number of hydrogen-bond acceptors (Lipinski definition) is 4. The third-order valence-electron chi connectivity index (χ3n) is 3.76. The first-order valence-electron chi connectivity index (χ1n) is 8.49.